The van der Waals surface area contributed by atoms with Gasteiger partial charge in [-0.1, -0.05) is 30.3 Å². The van der Waals surface area contributed by atoms with Crippen molar-refractivity contribution in [1.82, 2.24) is 9.97 Å². The van der Waals surface area contributed by atoms with Crippen LogP contribution in [0.1, 0.15) is 0 Å². The number of benzene rings is 3. The molecule has 3 aromatic carbocycles. The summed E-state index contributed by atoms with van der Waals surface area (Å²) in [5.74, 6) is 0. The second-order valence-electron chi connectivity index (χ2n) is 6.12. The topological polar surface area (TPSA) is 49.8 Å². The van der Waals surface area contributed by atoms with Crippen LogP contribution in [0.3, 0.4) is 0 Å². The highest BCUT2D eigenvalue weighted by molar-refractivity contribution is 7.80. The Bertz CT molecular complexity index is 1300. The lowest BCUT2D eigenvalue weighted by Crippen LogP contribution is -2.18. The molecule has 0 fully saturated rings. The predicted molar refractivity (Wildman–Crippen MR) is 119 cm³/mol. The Morgan fingerprint density at radius 2 is 1.48 bits per heavy atom. The summed E-state index contributed by atoms with van der Waals surface area (Å²) >= 11 is 7.09. The van der Waals surface area contributed by atoms with Crippen molar-refractivity contribution in [2.24, 2.45) is 0 Å². The number of hydrogen-bond acceptors (Lipinski definition) is 4. The van der Waals surface area contributed by atoms with E-state index < -0.39 is 0 Å². The van der Waals surface area contributed by atoms with Crippen LogP contribution >= 0.6 is 23.6 Å². The maximum absolute atomic E-state index is 5.43. The average Bonchev–Trinajstić information content (AvgIpc) is 3.04. The zero-order valence-electron chi connectivity index (χ0n) is 14.1. The van der Waals surface area contributed by atoms with E-state index in [4.69, 9.17) is 22.2 Å². The molecule has 0 amide bonds. The van der Waals surface area contributed by atoms with E-state index in [9.17, 15) is 0 Å². The maximum Gasteiger partial charge on any atom is 0.175 e. The van der Waals surface area contributed by atoms with Crippen molar-refractivity contribution in [3.05, 3.63) is 72.8 Å². The van der Waals surface area contributed by atoms with Gasteiger partial charge in [-0.3, -0.25) is 0 Å². The summed E-state index contributed by atoms with van der Waals surface area (Å²) in [4.78, 5) is 10.5. The van der Waals surface area contributed by atoms with Gasteiger partial charge in [-0.15, -0.1) is 11.3 Å². The van der Waals surface area contributed by atoms with Crippen molar-refractivity contribution in [3.8, 4) is 0 Å². The van der Waals surface area contributed by atoms with E-state index in [1.165, 1.54) is 0 Å². The number of thiophene rings is 1. The Balaban J connectivity index is 1.51. The molecule has 130 valence electrons. The van der Waals surface area contributed by atoms with Gasteiger partial charge in [0.15, 0.2) is 5.11 Å². The molecule has 0 bridgehead atoms. The van der Waals surface area contributed by atoms with Gasteiger partial charge in [-0.2, -0.15) is 0 Å². The summed E-state index contributed by atoms with van der Waals surface area (Å²) in [6.07, 6.45) is 0. The fourth-order valence-corrected chi connectivity index (χ4v) is 4.27. The number of thiocarbonyl (C=S) groups is 1. The lowest BCUT2D eigenvalue weighted by Gasteiger charge is -2.10. The molecule has 2 aromatic heterocycles. The van der Waals surface area contributed by atoms with Crippen molar-refractivity contribution in [1.29, 1.82) is 0 Å². The van der Waals surface area contributed by atoms with Crippen LogP contribution in [0.15, 0.2) is 72.8 Å². The second kappa shape index (κ2) is 6.57. The Kier molecular flexibility index (Phi) is 3.92. The molecule has 0 aliphatic rings. The van der Waals surface area contributed by atoms with Crippen molar-refractivity contribution >= 4 is 71.5 Å². The first-order valence-electron chi connectivity index (χ1n) is 8.48. The standard InChI is InChI=1S/C21H14N4S2/c26-21(22-13-6-2-1-3-7-13)23-14-10-11-18-15(12-14)19-20(27-18)25-17-9-5-4-8-16(17)24-19/h1-12H,(H2,22,23,26). The zero-order valence-corrected chi connectivity index (χ0v) is 15.8. The highest BCUT2D eigenvalue weighted by Gasteiger charge is 2.10. The Morgan fingerprint density at radius 1 is 0.778 bits per heavy atom. The average molecular weight is 387 g/mol. The lowest BCUT2D eigenvalue weighted by atomic mass is 10.2. The Morgan fingerprint density at radius 3 is 2.30 bits per heavy atom. The number of aromatic nitrogens is 2. The molecule has 2 heterocycles. The van der Waals surface area contributed by atoms with Crippen molar-refractivity contribution in [2.45, 2.75) is 0 Å². The summed E-state index contributed by atoms with van der Waals surface area (Å²) < 4.78 is 1.16. The number of anilines is 2. The lowest BCUT2D eigenvalue weighted by molar-refractivity contribution is 1.43. The first-order chi connectivity index (χ1) is 13.3. The molecule has 0 spiro atoms. The van der Waals surface area contributed by atoms with Crippen LogP contribution in [0, 0.1) is 0 Å². The van der Waals surface area contributed by atoms with Gasteiger partial charge in [-0.25, -0.2) is 9.97 Å². The molecule has 0 radical (unpaired) electrons. The molecule has 0 aliphatic heterocycles. The van der Waals surface area contributed by atoms with Crippen molar-refractivity contribution in [3.63, 3.8) is 0 Å². The SMILES string of the molecule is S=C(Nc1ccccc1)Nc1ccc2sc3nc4ccccc4nc3c2c1. The van der Waals surface area contributed by atoms with Gasteiger partial charge in [0.25, 0.3) is 0 Å². The van der Waals surface area contributed by atoms with Gasteiger partial charge in [0.05, 0.1) is 11.0 Å². The molecule has 0 atom stereocenters. The molecular formula is C21H14N4S2. The number of hydrogen-bond donors (Lipinski definition) is 2. The van der Waals surface area contributed by atoms with E-state index >= 15 is 0 Å². The van der Waals surface area contributed by atoms with E-state index in [-0.39, 0.29) is 0 Å². The first-order valence-corrected chi connectivity index (χ1v) is 9.71. The molecule has 0 saturated carbocycles. The van der Waals surface area contributed by atoms with Gasteiger partial charge in [-0.05, 0) is 54.7 Å². The summed E-state index contributed by atoms with van der Waals surface area (Å²) in [7, 11) is 0. The number of fused-ring (bicyclic) bond motifs is 4. The van der Waals surface area contributed by atoms with E-state index in [1.807, 2.05) is 60.7 Å². The minimum Gasteiger partial charge on any atom is -0.332 e. The molecule has 4 nitrogen and oxygen atoms in total. The maximum atomic E-state index is 5.43. The fourth-order valence-electron chi connectivity index (χ4n) is 3.03. The van der Waals surface area contributed by atoms with E-state index in [2.05, 4.69) is 22.8 Å². The molecule has 2 N–H and O–H groups in total. The summed E-state index contributed by atoms with van der Waals surface area (Å²) in [6.45, 7) is 0. The van der Waals surface area contributed by atoms with Gasteiger partial charge in [0, 0.05) is 21.5 Å². The minimum atomic E-state index is 0.552. The fraction of sp³-hybridized carbons (Fsp3) is 0. The number of rotatable bonds is 2. The van der Waals surface area contributed by atoms with Crippen LogP contribution in [0.25, 0.3) is 31.5 Å². The molecule has 5 rings (SSSR count). The predicted octanol–water partition coefficient (Wildman–Crippen LogP) is 5.81. The normalized spacial score (nSPS) is 11.1. The minimum absolute atomic E-state index is 0.552. The third-order valence-electron chi connectivity index (χ3n) is 4.27. The molecule has 0 unspecified atom stereocenters. The van der Waals surface area contributed by atoms with Crippen LogP contribution in [-0.4, -0.2) is 15.1 Å². The quantitative estimate of drug-likeness (QED) is 0.375. The van der Waals surface area contributed by atoms with Crippen LogP contribution < -0.4 is 10.6 Å². The highest BCUT2D eigenvalue weighted by Crippen LogP contribution is 2.34. The van der Waals surface area contributed by atoms with Crippen LogP contribution in [0.2, 0.25) is 0 Å². The molecule has 5 aromatic rings. The van der Waals surface area contributed by atoms with Crippen molar-refractivity contribution in [2.75, 3.05) is 10.6 Å². The van der Waals surface area contributed by atoms with Crippen LogP contribution in [0.4, 0.5) is 11.4 Å². The molecule has 0 aliphatic carbocycles. The van der Waals surface area contributed by atoms with Crippen molar-refractivity contribution < 1.29 is 0 Å². The van der Waals surface area contributed by atoms with Gasteiger partial charge >= 0.3 is 0 Å². The Hall–Kier alpha value is -3.09. The van der Waals surface area contributed by atoms with Crippen LogP contribution in [0.5, 0.6) is 0 Å². The molecule has 6 heteroatoms. The monoisotopic (exact) mass is 386 g/mol. The number of para-hydroxylation sites is 3. The number of nitrogens with one attached hydrogen (secondary N) is 2. The zero-order chi connectivity index (χ0) is 18.2. The van der Waals surface area contributed by atoms with E-state index in [0.29, 0.717) is 5.11 Å². The van der Waals surface area contributed by atoms with Gasteiger partial charge in [0.2, 0.25) is 0 Å². The largest absolute Gasteiger partial charge is 0.332 e. The molecular weight excluding hydrogens is 372 g/mol. The third kappa shape index (κ3) is 3.09. The molecule has 0 saturated heterocycles. The Labute approximate surface area is 164 Å². The van der Waals surface area contributed by atoms with Crippen LogP contribution in [-0.2, 0) is 0 Å². The van der Waals surface area contributed by atoms with E-state index in [0.717, 1.165) is 42.8 Å². The smallest absolute Gasteiger partial charge is 0.175 e. The summed E-state index contributed by atoms with van der Waals surface area (Å²) in [6, 6.07) is 24.0. The number of nitrogens with zero attached hydrogens (tertiary/aromatic N) is 2. The highest BCUT2D eigenvalue weighted by atomic mass is 32.1. The molecule has 27 heavy (non-hydrogen) atoms. The first kappa shape index (κ1) is 16.1. The second-order valence-corrected chi connectivity index (χ2v) is 7.56. The third-order valence-corrected chi connectivity index (χ3v) is 5.53. The van der Waals surface area contributed by atoms with Gasteiger partial charge in [0.1, 0.15) is 10.3 Å². The van der Waals surface area contributed by atoms with E-state index in [1.54, 1.807) is 11.3 Å². The summed E-state index contributed by atoms with van der Waals surface area (Å²) in [5, 5.41) is 8.08. The summed E-state index contributed by atoms with van der Waals surface area (Å²) in [5.41, 5.74) is 4.63. The van der Waals surface area contributed by atoms with Gasteiger partial charge < -0.3 is 10.6 Å².